The third kappa shape index (κ3) is 9.20. The van der Waals surface area contributed by atoms with Gasteiger partial charge in [0.25, 0.3) is 0 Å². The predicted molar refractivity (Wildman–Crippen MR) is 159 cm³/mol. The van der Waals surface area contributed by atoms with Crippen molar-refractivity contribution < 1.29 is 0 Å². The van der Waals surface area contributed by atoms with E-state index in [1.807, 2.05) is 0 Å². The first-order chi connectivity index (χ1) is 17.7. The summed E-state index contributed by atoms with van der Waals surface area (Å²) in [6, 6.07) is 9.92. The Morgan fingerprint density at radius 2 is 0.861 bits per heavy atom. The summed E-state index contributed by atoms with van der Waals surface area (Å²) in [6.45, 7) is 4.68. The Labute approximate surface area is 225 Å². The molecule has 0 bridgehead atoms. The number of unbranched alkanes of at least 4 members (excludes halogenated alkanes) is 2. The number of aryl methyl sites for hydroxylation is 1. The van der Waals surface area contributed by atoms with Gasteiger partial charge in [-0.25, -0.2) is 0 Å². The molecule has 3 aliphatic rings. The maximum Gasteiger partial charge on any atom is -0.0162 e. The lowest BCUT2D eigenvalue weighted by Gasteiger charge is -2.32. The molecular formula is C36H60. The second kappa shape index (κ2) is 15.6. The van der Waals surface area contributed by atoms with Crippen LogP contribution in [0, 0.1) is 29.6 Å². The highest BCUT2D eigenvalue weighted by Crippen LogP contribution is 2.40. The zero-order chi connectivity index (χ0) is 25.0. The summed E-state index contributed by atoms with van der Waals surface area (Å²) in [6.07, 6.45) is 32.5. The molecule has 0 heterocycles. The zero-order valence-corrected chi connectivity index (χ0v) is 24.3. The largest absolute Gasteiger partial charge is 0.0654 e. The highest BCUT2D eigenvalue weighted by atomic mass is 14.3. The Bertz CT molecular complexity index is 677. The SMILES string of the molecule is CCCC[C@H]1CC[C@H](CC[C@H]2CC[C@H](CCc3ccc([C@H]4CC[C@H](CCCC)CC4)cc3)CC2)CC1. The van der Waals surface area contributed by atoms with Gasteiger partial charge in [-0.3, -0.25) is 0 Å². The Morgan fingerprint density at radius 1 is 0.472 bits per heavy atom. The number of hydrogen-bond acceptors (Lipinski definition) is 0. The second-order valence-electron chi connectivity index (χ2n) is 13.6. The lowest BCUT2D eigenvalue weighted by Crippen LogP contribution is -2.18. The van der Waals surface area contributed by atoms with E-state index in [1.165, 1.54) is 103 Å². The molecule has 0 unspecified atom stereocenters. The molecule has 4 rings (SSSR count). The van der Waals surface area contributed by atoms with Crippen LogP contribution in [0.2, 0.25) is 0 Å². The maximum atomic E-state index is 2.49. The molecule has 0 radical (unpaired) electrons. The van der Waals surface area contributed by atoms with Crippen molar-refractivity contribution in [2.75, 3.05) is 0 Å². The first-order valence-electron chi connectivity index (χ1n) is 16.8. The van der Waals surface area contributed by atoms with Gasteiger partial charge in [0, 0.05) is 0 Å². The van der Waals surface area contributed by atoms with Crippen LogP contribution in [0.3, 0.4) is 0 Å². The van der Waals surface area contributed by atoms with Crippen LogP contribution in [0.25, 0.3) is 0 Å². The number of benzene rings is 1. The third-order valence-electron chi connectivity index (χ3n) is 11.0. The lowest BCUT2D eigenvalue weighted by atomic mass is 9.74. The van der Waals surface area contributed by atoms with Gasteiger partial charge < -0.3 is 0 Å². The fourth-order valence-electron chi connectivity index (χ4n) is 8.19. The van der Waals surface area contributed by atoms with Crippen LogP contribution in [0.5, 0.6) is 0 Å². The van der Waals surface area contributed by atoms with Crippen molar-refractivity contribution in [3.63, 3.8) is 0 Å². The molecule has 204 valence electrons. The fourth-order valence-corrected chi connectivity index (χ4v) is 8.19. The summed E-state index contributed by atoms with van der Waals surface area (Å²) in [4.78, 5) is 0. The van der Waals surface area contributed by atoms with Gasteiger partial charge in [0.1, 0.15) is 0 Å². The zero-order valence-electron chi connectivity index (χ0n) is 24.3. The van der Waals surface area contributed by atoms with Crippen LogP contribution in [-0.2, 0) is 6.42 Å². The van der Waals surface area contributed by atoms with Gasteiger partial charge in [-0.15, -0.1) is 0 Å². The molecule has 0 atom stereocenters. The van der Waals surface area contributed by atoms with E-state index >= 15 is 0 Å². The van der Waals surface area contributed by atoms with E-state index < -0.39 is 0 Å². The smallest absolute Gasteiger partial charge is 0.0162 e. The van der Waals surface area contributed by atoms with Crippen LogP contribution in [0.15, 0.2) is 24.3 Å². The van der Waals surface area contributed by atoms with E-state index in [0.29, 0.717) is 0 Å². The number of rotatable bonds is 13. The molecule has 0 saturated heterocycles. The summed E-state index contributed by atoms with van der Waals surface area (Å²) in [5.74, 6) is 6.04. The molecule has 0 aromatic heterocycles. The van der Waals surface area contributed by atoms with E-state index in [9.17, 15) is 0 Å². The molecule has 3 aliphatic carbocycles. The average Bonchev–Trinajstić information content (AvgIpc) is 2.94. The van der Waals surface area contributed by atoms with Gasteiger partial charge in [0.15, 0.2) is 0 Å². The summed E-state index contributed by atoms with van der Waals surface area (Å²) >= 11 is 0. The molecule has 0 aliphatic heterocycles. The topological polar surface area (TPSA) is 0 Å². The standard InChI is InChI=1S/C36H60/c1-3-5-7-29-9-11-31(12-10-29)13-14-32-15-17-33(18-16-32)19-20-34-23-27-36(28-24-34)35-25-21-30(22-26-35)8-6-4-2/h23-24,27-33,35H,3-22,25-26H2,1-2H3/t29-,30-,31-,32-,33-,35-. The van der Waals surface area contributed by atoms with E-state index in [0.717, 1.165) is 35.5 Å². The Balaban J connectivity index is 1.07. The summed E-state index contributed by atoms with van der Waals surface area (Å²) in [5, 5.41) is 0. The van der Waals surface area contributed by atoms with Gasteiger partial charge in [-0.2, -0.15) is 0 Å². The lowest BCUT2D eigenvalue weighted by molar-refractivity contribution is 0.209. The van der Waals surface area contributed by atoms with Crippen molar-refractivity contribution >= 4 is 0 Å². The molecule has 36 heavy (non-hydrogen) atoms. The molecule has 0 N–H and O–H groups in total. The Hall–Kier alpha value is -0.780. The molecule has 0 nitrogen and oxygen atoms in total. The third-order valence-corrected chi connectivity index (χ3v) is 11.0. The van der Waals surface area contributed by atoms with Gasteiger partial charge in [0.05, 0.1) is 0 Å². The fraction of sp³-hybridized carbons (Fsp3) is 0.833. The molecule has 3 fully saturated rings. The summed E-state index contributed by atoms with van der Waals surface area (Å²) in [7, 11) is 0. The van der Waals surface area contributed by atoms with Gasteiger partial charge in [-0.1, -0.05) is 141 Å². The van der Waals surface area contributed by atoms with Gasteiger partial charge >= 0.3 is 0 Å². The average molecular weight is 493 g/mol. The van der Waals surface area contributed by atoms with Crippen molar-refractivity contribution in [1.29, 1.82) is 0 Å². The highest BCUT2D eigenvalue weighted by Gasteiger charge is 2.25. The van der Waals surface area contributed by atoms with Crippen molar-refractivity contribution in [2.24, 2.45) is 29.6 Å². The van der Waals surface area contributed by atoms with Crippen LogP contribution >= 0.6 is 0 Å². The molecule has 0 amide bonds. The van der Waals surface area contributed by atoms with E-state index in [-0.39, 0.29) is 0 Å². The number of hydrogen-bond donors (Lipinski definition) is 0. The molecule has 0 spiro atoms. The minimum atomic E-state index is 0.836. The van der Waals surface area contributed by atoms with Crippen molar-refractivity contribution in [3.05, 3.63) is 35.4 Å². The summed E-state index contributed by atoms with van der Waals surface area (Å²) in [5.41, 5.74) is 3.22. The first-order valence-corrected chi connectivity index (χ1v) is 16.8. The van der Waals surface area contributed by atoms with Crippen LogP contribution in [0.4, 0.5) is 0 Å². The molecular weight excluding hydrogens is 432 g/mol. The van der Waals surface area contributed by atoms with Gasteiger partial charge in [-0.05, 0) is 85.2 Å². The quantitative estimate of drug-likeness (QED) is 0.257. The molecule has 0 heteroatoms. The Kier molecular flexibility index (Phi) is 12.2. The van der Waals surface area contributed by atoms with Crippen molar-refractivity contribution in [3.8, 4) is 0 Å². The van der Waals surface area contributed by atoms with Crippen LogP contribution in [-0.4, -0.2) is 0 Å². The van der Waals surface area contributed by atoms with Crippen molar-refractivity contribution in [1.82, 2.24) is 0 Å². The Morgan fingerprint density at radius 3 is 1.31 bits per heavy atom. The minimum Gasteiger partial charge on any atom is -0.0654 e. The molecule has 1 aromatic rings. The van der Waals surface area contributed by atoms with Crippen LogP contribution in [0.1, 0.15) is 166 Å². The van der Waals surface area contributed by atoms with Gasteiger partial charge in [0.2, 0.25) is 0 Å². The van der Waals surface area contributed by atoms with E-state index in [4.69, 9.17) is 0 Å². The molecule has 3 saturated carbocycles. The van der Waals surface area contributed by atoms with Crippen LogP contribution < -0.4 is 0 Å². The monoisotopic (exact) mass is 492 g/mol. The first kappa shape index (κ1) is 28.2. The maximum absolute atomic E-state index is 2.49. The predicted octanol–water partition coefficient (Wildman–Crippen LogP) is 11.7. The molecule has 1 aromatic carbocycles. The second-order valence-corrected chi connectivity index (χ2v) is 13.6. The highest BCUT2D eigenvalue weighted by molar-refractivity contribution is 5.26. The van der Waals surface area contributed by atoms with Crippen molar-refractivity contribution in [2.45, 2.75) is 161 Å². The minimum absolute atomic E-state index is 0.836. The normalized spacial score (nSPS) is 31.4. The summed E-state index contributed by atoms with van der Waals surface area (Å²) < 4.78 is 0. The van der Waals surface area contributed by atoms with E-state index in [2.05, 4.69) is 38.1 Å². The van der Waals surface area contributed by atoms with E-state index in [1.54, 1.807) is 49.7 Å².